The monoisotopic (exact) mass is 417 g/mol. The van der Waals surface area contributed by atoms with E-state index in [0.717, 1.165) is 27.2 Å². The molecule has 0 radical (unpaired) electrons. The number of hydrogen-bond acceptors (Lipinski definition) is 3. The minimum atomic E-state index is -1.19. The van der Waals surface area contributed by atoms with Gasteiger partial charge in [0.1, 0.15) is 18.5 Å². The van der Waals surface area contributed by atoms with Crippen molar-refractivity contribution in [3.05, 3.63) is 88.7 Å². The Morgan fingerprint density at radius 2 is 1.68 bits per heavy atom. The minimum absolute atomic E-state index is 0.0688. The summed E-state index contributed by atoms with van der Waals surface area (Å²) in [5, 5.41) is 9.63. The summed E-state index contributed by atoms with van der Waals surface area (Å²) in [6.07, 6.45) is -0.862. The third-order valence-corrected chi connectivity index (χ3v) is 6.10. The molecule has 1 atom stereocenters. The van der Waals surface area contributed by atoms with Gasteiger partial charge in [-0.3, -0.25) is 4.90 Å². The summed E-state index contributed by atoms with van der Waals surface area (Å²) in [5.41, 5.74) is 5.44. The molecule has 1 heterocycles. The van der Waals surface area contributed by atoms with Crippen LogP contribution in [0.5, 0.6) is 0 Å². The van der Waals surface area contributed by atoms with Crippen LogP contribution in [0.2, 0.25) is 0 Å². The lowest BCUT2D eigenvalue weighted by atomic mass is 9.98. The molecule has 1 aliphatic heterocycles. The van der Waals surface area contributed by atoms with Gasteiger partial charge >= 0.3 is 12.1 Å². The first-order valence-corrected chi connectivity index (χ1v) is 10.1. The smallest absolute Gasteiger partial charge is 0.415 e. The van der Waals surface area contributed by atoms with Crippen LogP contribution in [0.15, 0.2) is 60.7 Å². The lowest BCUT2D eigenvalue weighted by Gasteiger charge is -2.23. The van der Waals surface area contributed by atoms with Gasteiger partial charge in [-0.2, -0.15) is 0 Å². The van der Waals surface area contributed by atoms with E-state index in [1.807, 2.05) is 48.5 Å². The van der Waals surface area contributed by atoms with Crippen molar-refractivity contribution in [1.29, 1.82) is 0 Å². The lowest BCUT2D eigenvalue weighted by molar-refractivity contribution is -0.138. The van der Waals surface area contributed by atoms with Crippen molar-refractivity contribution in [3.63, 3.8) is 0 Å². The molecule has 0 spiro atoms. The van der Waals surface area contributed by atoms with Gasteiger partial charge < -0.3 is 9.84 Å². The van der Waals surface area contributed by atoms with Gasteiger partial charge in [0, 0.05) is 17.9 Å². The van der Waals surface area contributed by atoms with Crippen molar-refractivity contribution in [1.82, 2.24) is 0 Å². The topological polar surface area (TPSA) is 66.8 Å². The highest BCUT2D eigenvalue weighted by Gasteiger charge is 2.41. The molecule has 1 unspecified atom stereocenters. The van der Waals surface area contributed by atoms with Crippen molar-refractivity contribution >= 4 is 17.7 Å². The van der Waals surface area contributed by atoms with Crippen LogP contribution >= 0.6 is 0 Å². The number of hydrogen-bond donors (Lipinski definition) is 1. The largest absolute Gasteiger partial charge is 0.480 e. The fourth-order valence-electron chi connectivity index (χ4n) is 4.71. The average Bonchev–Trinajstić information content (AvgIpc) is 3.29. The van der Waals surface area contributed by atoms with Gasteiger partial charge in [0.05, 0.1) is 5.69 Å². The molecule has 5 rings (SSSR count). The molecule has 31 heavy (non-hydrogen) atoms. The summed E-state index contributed by atoms with van der Waals surface area (Å²) in [6, 6.07) is 17.7. The van der Waals surface area contributed by atoms with Crippen molar-refractivity contribution in [2.24, 2.45) is 0 Å². The van der Waals surface area contributed by atoms with E-state index >= 15 is 0 Å². The molecule has 6 heteroatoms. The van der Waals surface area contributed by atoms with Gasteiger partial charge in [-0.25, -0.2) is 14.0 Å². The Labute approximate surface area is 178 Å². The van der Waals surface area contributed by atoms with Gasteiger partial charge in [-0.1, -0.05) is 48.5 Å². The maximum Gasteiger partial charge on any atom is 0.415 e. The summed E-state index contributed by atoms with van der Waals surface area (Å²) >= 11 is 0. The molecular formula is C25H20FNO4. The van der Waals surface area contributed by atoms with Crippen LogP contribution in [0.25, 0.3) is 11.1 Å². The van der Waals surface area contributed by atoms with Crippen molar-refractivity contribution in [2.75, 3.05) is 11.5 Å². The van der Waals surface area contributed by atoms with Crippen molar-refractivity contribution in [3.8, 4) is 11.1 Å². The van der Waals surface area contributed by atoms with E-state index in [0.29, 0.717) is 5.56 Å². The number of nitrogens with zero attached hydrogens (tertiary/aromatic N) is 1. The van der Waals surface area contributed by atoms with Gasteiger partial charge in [-0.05, 0) is 46.9 Å². The second kappa shape index (κ2) is 7.23. The Balaban J connectivity index is 1.44. The summed E-state index contributed by atoms with van der Waals surface area (Å²) in [4.78, 5) is 25.9. The van der Waals surface area contributed by atoms with E-state index in [4.69, 9.17) is 4.74 Å². The summed E-state index contributed by atoms with van der Waals surface area (Å²) in [5.74, 6) is -1.84. The molecule has 0 saturated heterocycles. The van der Waals surface area contributed by atoms with Crippen molar-refractivity contribution in [2.45, 2.75) is 25.3 Å². The van der Waals surface area contributed by atoms with Gasteiger partial charge in [-0.15, -0.1) is 0 Å². The van der Waals surface area contributed by atoms with E-state index in [1.165, 1.54) is 6.07 Å². The number of carbonyl (C=O) groups is 2. The first-order chi connectivity index (χ1) is 15.0. The first kappa shape index (κ1) is 19.3. The highest BCUT2D eigenvalue weighted by molar-refractivity contribution is 5.98. The normalized spacial score (nSPS) is 16.6. The Morgan fingerprint density at radius 3 is 2.29 bits per heavy atom. The van der Waals surface area contributed by atoms with E-state index < -0.39 is 23.9 Å². The predicted molar refractivity (Wildman–Crippen MR) is 114 cm³/mol. The van der Waals surface area contributed by atoms with Crippen LogP contribution in [0.3, 0.4) is 0 Å². The fraction of sp³-hybridized carbons (Fsp3) is 0.200. The number of aryl methyl sites for hydroxylation is 1. The highest BCUT2D eigenvalue weighted by Crippen LogP contribution is 2.45. The molecule has 0 aromatic heterocycles. The second-order valence-electron chi connectivity index (χ2n) is 7.98. The van der Waals surface area contributed by atoms with Gasteiger partial charge in [0.2, 0.25) is 0 Å². The molecule has 0 bridgehead atoms. The van der Waals surface area contributed by atoms with E-state index in [1.54, 1.807) is 13.0 Å². The van der Waals surface area contributed by atoms with Crippen LogP contribution in [0.4, 0.5) is 14.9 Å². The Kier molecular flexibility index (Phi) is 4.50. The van der Waals surface area contributed by atoms with Gasteiger partial charge in [0.25, 0.3) is 0 Å². The second-order valence-corrected chi connectivity index (χ2v) is 7.98. The zero-order valence-electron chi connectivity index (χ0n) is 16.8. The van der Waals surface area contributed by atoms with Crippen LogP contribution in [-0.4, -0.2) is 29.8 Å². The number of anilines is 1. The number of benzene rings is 3. The van der Waals surface area contributed by atoms with Crippen LogP contribution in [-0.2, 0) is 16.0 Å². The Hall–Kier alpha value is -3.67. The summed E-state index contributed by atoms with van der Waals surface area (Å²) < 4.78 is 20.1. The number of aliphatic carboxylic acids is 1. The zero-order valence-corrected chi connectivity index (χ0v) is 16.8. The molecule has 0 fully saturated rings. The third kappa shape index (κ3) is 3.06. The maximum atomic E-state index is 14.4. The molecule has 2 aliphatic rings. The Bertz CT molecular complexity index is 1180. The number of halogens is 1. The molecule has 3 aromatic carbocycles. The molecule has 156 valence electrons. The number of rotatable bonds is 3. The minimum Gasteiger partial charge on any atom is -0.480 e. The number of carbonyl (C=O) groups excluding carboxylic acids is 1. The number of carboxylic acids is 1. The standard InChI is InChI=1S/C25H20FNO4/c1-14-10-21(26)19-12-23(24(28)29)27(22(19)11-14)25(30)31-13-20-17-8-4-2-6-15(17)16-7-3-5-9-18(16)20/h2-11,20,23H,12-13H2,1H3,(H,28,29). The quantitative estimate of drug-likeness (QED) is 0.658. The molecule has 1 aliphatic carbocycles. The Morgan fingerprint density at radius 1 is 1.06 bits per heavy atom. The summed E-state index contributed by atoms with van der Waals surface area (Å²) in [6.45, 7) is 1.77. The summed E-state index contributed by atoms with van der Waals surface area (Å²) in [7, 11) is 0. The average molecular weight is 417 g/mol. The molecule has 1 N–H and O–H groups in total. The number of amides is 1. The maximum absolute atomic E-state index is 14.4. The van der Waals surface area contributed by atoms with Crippen LogP contribution in [0.1, 0.15) is 28.2 Å². The van der Waals surface area contributed by atoms with E-state index in [9.17, 15) is 19.1 Å². The molecule has 0 saturated carbocycles. The third-order valence-electron chi connectivity index (χ3n) is 6.10. The fourth-order valence-corrected chi connectivity index (χ4v) is 4.71. The van der Waals surface area contributed by atoms with Crippen molar-refractivity contribution < 1.29 is 23.8 Å². The SMILES string of the molecule is Cc1cc(F)c2c(c1)N(C(=O)OCC1c3ccccc3-c3ccccc31)C(C(=O)O)C2. The first-order valence-electron chi connectivity index (χ1n) is 10.1. The molecular weight excluding hydrogens is 397 g/mol. The molecule has 5 nitrogen and oxygen atoms in total. The van der Waals surface area contributed by atoms with E-state index in [2.05, 4.69) is 0 Å². The lowest BCUT2D eigenvalue weighted by Crippen LogP contribution is -2.43. The predicted octanol–water partition coefficient (Wildman–Crippen LogP) is 4.90. The van der Waals surface area contributed by atoms with Crippen LogP contribution in [0, 0.1) is 12.7 Å². The molecule has 3 aromatic rings. The number of ether oxygens (including phenoxy) is 1. The zero-order chi connectivity index (χ0) is 21.7. The number of fused-ring (bicyclic) bond motifs is 4. The van der Waals surface area contributed by atoms with Crippen LogP contribution < -0.4 is 4.90 Å². The molecule has 1 amide bonds. The number of carboxylic acid groups (broad SMARTS) is 1. The van der Waals surface area contributed by atoms with E-state index in [-0.39, 0.29) is 30.2 Å². The highest BCUT2D eigenvalue weighted by atomic mass is 19.1. The van der Waals surface area contributed by atoms with Gasteiger partial charge in [0.15, 0.2) is 0 Å².